The van der Waals surface area contributed by atoms with Crippen LogP contribution in [-0.4, -0.2) is 36.0 Å². The maximum absolute atomic E-state index is 12.8. The summed E-state index contributed by atoms with van der Waals surface area (Å²) in [6, 6.07) is 0.423. The van der Waals surface area contributed by atoms with Gasteiger partial charge in [0.15, 0.2) is 0 Å². The molecule has 3 atom stereocenters. The minimum Gasteiger partial charge on any atom is -0.338 e. The number of nitrogens with zero attached hydrogens (tertiary/aromatic N) is 1. The number of amides is 1. The zero-order valence-corrected chi connectivity index (χ0v) is 12.3. The Kier molecular flexibility index (Phi) is 4.00. The van der Waals surface area contributed by atoms with Gasteiger partial charge in [0.1, 0.15) is 0 Å². The van der Waals surface area contributed by atoms with E-state index in [0.717, 1.165) is 25.9 Å². The molecular formula is C15H28N2O. The highest BCUT2D eigenvalue weighted by atomic mass is 16.2. The molecule has 2 aliphatic rings. The first-order valence-electron chi connectivity index (χ1n) is 7.45. The van der Waals surface area contributed by atoms with E-state index >= 15 is 0 Å². The van der Waals surface area contributed by atoms with Crippen molar-refractivity contribution in [1.29, 1.82) is 0 Å². The van der Waals surface area contributed by atoms with E-state index < -0.39 is 0 Å². The maximum Gasteiger partial charge on any atom is 0.240 e. The predicted molar refractivity (Wildman–Crippen MR) is 74.4 cm³/mol. The molecule has 3 unspecified atom stereocenters. The fraction of sp³-hybridized carbons (Fsp3) is 0.933. The van der Waals surface area contributed by atoms with Crippen molar-refractivity contribution >= 4 is 5.91 Å². The van der Waals surface area contributed by atoms with Crippen LogP contribution < -0.4 is 5.32 Å². The topological polar surface area (TPSA) is 32.3 Å². The summed E-state index contributed by atoms with van der Waals surface area (Å²) in [5.41, 5.74) is 0.0930. The summed E-state index contributed by atoms with van der Waals surface area (Å²) in [7, 11) is 0. The van der Waals surface area contributed by atoms with E-state index in [2.05, 4.69) is 37.9 Å². The lowest BCUT2D eigenvalue weighted by atomic mass is 9.76. The number of likely N-dealkylation sites (tertiary alicyclic amines) is 1. The van der Waals surface area contributed by atoms with Crippen molar-refractivity contribution in [1.82, 2.24) is 10.2 Å². The Labute approximate surface area is 111 Å². The average molecular weight is 252 g/mol. The number of carbonyl (C=O) groups is 1. The largest absolute Gasteiger partial charge is 0.338 e. The minimum absolute atomic E-state index is 0.0130. The Morgan fingerprint density at radius 2 is 2.00 bits per heavy atom. The molecule has 3 heteroatoms. The van der Waals surface area contributed by atoms with Crippen LogP contribution in [0.25, 0.3) is 0 Å². The number of hydrogen-bond donors (Lipinski definition) is 1. The standard InChI is InChI=1S/C15H28N2O/c1-11-6-7-12(2)17(10-11)14(18)13-15(3,4)8-5-9-16-13/h11-13,16H,5-10H2,1-4H3. The zero-order valence-electron chi connectivity index (χ0n) is 12.3. The summed E-state index contributed by atoms with van der Waals surface area (Å²) in [4.78, 5) is 14.9. The predicted octanol–water partition coefficient (Wildman–Crippen LogP) is 2.41. The van der Waals surface area contributed by atoms with Crippen molar-refractivity contribution in [3.63, 3.8) is 0 Å². The van der Waals surface area contributed by atoms with Crippen molar-refractivity contribution in [2.45, 2.75) is 65.5 Å². The Bertz CT molecular complexity index is 314. The molecule has 104 valence electrons. The zero-order chi connectivity index (χ0) is 13.3. The quantitative estimate of drug-likeness (QED) is 0.777. The van der Waals surface area contributed by atoms with Crippen LogP contribution in [0.15, 0.2) is 0 Å². The number of hydrogen-bond acceptors (Lipinski definition) is 2. The molecular weight excluding hydrogens is 224 g/mol. The molecule has 0 aliphatic carbocycles. The normalized spacial score (nSPS) is 36.4. The lowest BCUT2D eigenvalue weighted by molar-refractivity contribution is -0.141. The van der Waals surface area contributed by atoms with E-state index in [1.807, 2.05) is 0 Å². The van der Waals surface area contributed by atoms with E-state index in [0.29, 0.717) is 17.9 Å². The van der Waals surface area contributed by atoms with E-state index in [4.69, 9.17) is 0 Å². The van der Waals surface area contributed by atoms with Crippen molar-refractivity contribution < 1.29 is 4.79 Å². The van der Waals surface area contributed by atoms with Crippen LogP contribution in [0, 0.1) is 11.3 Å². The van der Waals surface area contributed by atoms with Gasteiger partial charge in [-0.1, -0.05) is 20.8 Å². The number of carbonyl (C=O) groups excluding carboxylic acids is 1. The fourth-order valence-corrected chi connectivity index (χ4v) is 3.39. The summed E-state index contributed by atoms with van der Waals surface area (Å²) in [5, 5.41) is 3.45. The molecule has 2 fully saturated rings. The molecule has 1 amide bonds. The van der Waals surface area contributed by atoms with Crippen LogP contribution in [0.1, 0.15) is 53.4 Å². The summed E-state index contributed by atoms with van der Waals surface area (Å²) in [6.07, 6.45) is 4.74. The monoisotopic (exact) mass is 252 g/mol. The molecule has 0 saturated carbocycles. The van der Waals surface area contributed by atoms with Gasteiger partial charge in [-0.25, -0.2) is 0 Å². The molecule has 0 spiro atoms. The van der Waals surface area contributed by atoms with Crippen LogP contribution in [0.3, 0.4) is 0 Å². The SMILES string of the molecule is CC1CCC(C)N(C(=O)C2NCCCC2(C)C)C1. The second-order valence-corrected chi connectivity index (χ2v) is 7.00. The Hall–Kier alpha value is -0.570. The molecule has 18 heavy (non-hydrogen) atoms. The van der Waals surface area contributed by atoms with Gasteiger partial charge in [0, 0.05) is 12.6 Å². The smallest absolute Gasteiger partial charge is 0.240 e. The third-order valence-corrected chi connectivity index (χ3v) is 4.78. The van der Waals surface area contributed by atoms with E-state index in [1.54, 1.807) is 0 Å². The van der Waals surface area contributed by atoms with Crippen molar-refractivity contribution in [2.24, 2.45) is 11.3 Å². The number of rotatable bonds is 1. The Balaban J connectivity index is 2.09. The lowest BCUT2D eigenvalue weighted by Crippen LogP contribution is -2.59. The van der Waals surface area contributed by atoms with E-state index in [-0.39, 0.29) is 11.5 Å². The molecule has 0 aromatic carbocycles. The second-order valence-electron chi connectivity index (χ2n) is 7.00. The van der Waals surface area contributed by atoms with Crippen LogP contribution in [-0.2, 0) is 4.79 Å². The van der Waals surface area contributed by atoms with Crippen molar-refractivity contribution in [2.75, 3.05) is 13.1 Å². The van der Waals surface area contributed by atoms with Crippen molar-refractivity contribution in [3.05, 3.63) is 0 Å². The molecule has 2 rings (SSSR count). The molecule has 3 nitrogen and oxygen atoms in total. The van der Waals surface area contributed by atoms with Gasteiger partial charge in [0.2, 0.25) is 5.91 Å². The van der Waals surface area contributed by atoms with Gasteiger partial charge in [-0.2, -0.15) is 0 Å². The molecule has 2 saturated heterocycles. The molecule has 0 aromatic heterocycles. The molecule has 0 aromatic rings. The molecule has 2 aliphatic heterocycles. The molecule has 2 heterocycles. The summed E-state index contributed by atoms with van der Waals surface area (Å²) in [6.45, 7) is 10.8. The summed E-state index contributed by atoms with van der Waals surface area (Å²) in [5.74, 6) is 0.982. The average Bonchev–Trinajstić information content (AvgIpc) is 2.31. The second kappa shape index (κ2) is 5.20. The number of nitrogens with one attached hydrogen (secondary N) is 1. The Morgan fingerprint density at radius 3 is 2.67 bits per heavy atom. The third-order valence-electron chi connectivity index (χ3n) is 4.78. The first kappa shape index (κ1) is 13.9. The molecule has 0 bridgehead atoms. The van der Waals surface area contributed by atoms with Crippen LogP contribution in [0.4, 0.5) is 0 Å². The Morgan fingerprint density at radius 1 is 1.28 bits per heavy atom. The van der Waals surface area contributed by atoms with Gasteiger partial charge < -0.3 is 10.2 Å². The maximum atomic E-state index is 12.8. The van der Waals surface area contributed by atoms with E-state index in [1.165, 1.54) is 12.8 Å². The van der Waals surface area contributed by atoms with Crippen LogP contribution >= 0.6 is 0 Å². The summed E-state index contributed by atoms with van der Waals surface area (Å²) < 4.78 is 0. The minimum atomic E-state index is 0.0130. The highest BCUT2D eigenvalue weighted by Crippen LogP contribution is 2.33. The molecule has 1 N–H and O–H groups in total. The highest BCUT2D eigenvalue weighted by molar-refractivity contribution is 5.83. The first-order chi connectivity index (χ1) is 8.42. The van der Waals surface area contributed by atoms with E-state index in [9.17, 15) is 4.79 Å². The van der Waals surface area contributed by atoms with Gasteiger partial charge >= 0.3 is 0 Å². The van der Waals surface area contributed by atoms with Gasteiger partial charge in [-0.15, -0.1) is 0 Å². The third kappa shape index (κ3) is 2.71. The number of piperidine rings is 2. The van der Waals surface area contributed by atoms with Gasteiger partial charge in [-0.05, 0) is 50.5 Å². The van der Waals surface area contributed by atoms with Crippen LogP contribution in [0.2, 0.25) is 0 Å². The first-order valence-corrected chi connectivity index (χ1v) is 7.45. The highest BCUT2D eigenvalue weighted by Gasteiger charge is 2.41. The van der Waals surface area contributed by atoms with Gasteiger partial charge in [-0.3, -0.25) is 4.79 Å². The fourth-order valence-electron chi connectivity index (χ4n) is 3.39. The van der Waals surface area contributed by atoms with Crippen LogP contribution in [0.5, 0.6) is 0 Å². The van der Waals surface area contributed by atoms with Gasteiger partial charge in [0.25, 0.3) is 0 Å². The lowest BCUT2D eigenvalue weighted by Gasteiger charge is -2.44. The van der Waals surface area contributed by atoms with Gasteiger partial charge in [0.05, 0.1) is 6.04 Å². The summed E-state index contributed by atoms with van der Waals surface area (Å²) >= 11 is 0. The molecule has 0 radical (unpaired) electrons. The van der Waals surface area contributed by atoms with Crippen molar-refractivity contribution in [3.8, 4) is 0 Å².